The normalized spacial score (nSPS) is 11.1. The quantitative estimate of drug-likeness (QED) is 0.676. The summed E-state index contributed by atoms with van der Waals surface area (Å²) in [5.41, 5.74) is 1.98. The Morgan fingerprint density at radius 1 is 1.12 bits per heavy atom. The van der Waals surface area contributed by atoms with Gasteiger partial charge in [0.2, 0.25) is 0 Å². The Morgan fingerprint density at radius 2 is 1.88 bits per heavy atom. The van der Waals surface area contributed by atoms with Crippen molar-refractivity contribution in [1.29, 1.82) is 5.26 Å². The molecule has 0 bridgehead atoms. The standard InChI is InChI=1S/C18H11F2N3S/c19-14-7-5-12(6-8-14)17-11-24-18(23-17)13(9-21)10-22-16-4-2-1-3-15(16)20/h1-8,10-11,22H. The zero-order valence-electron chi connectivity index (χ0n) is 12.3. The molecule has 3 rings (SSSR count). The summed E-state index contributed by atoms with van der Waals surface area (Å²) < 4.78 is 26.6. The van der Waals surface area contributed by atoms with Crippen LogP contribution in [-0.4, -0.2) is 4.98 Å². The fourth-order valence-electron chi connectivity index (χ4n) is 2.02. The molecule has 0 radical (unpaired) electrons. The Hall–Kier alpha value is -3.04. The molecule has 3 aromatic rings. The van der Waals surface area contributed by atoms with Gasteiger partial charge in [-0.15, -0.1) is 11.3 Å². The summed E-state index contributed by atoms with van der Waals surface area (Å²) in [6.45, 7) is 0. The van der Waals surface area contributed by atoms with Crippen LogP contribution >= 0.6 is 11.3 Å². The van der Waals surface area contributed by atoms with Crippen molar-refractivity contribution in [2.24, 2.45) is 0 Å². The maximum Gasteiger partial charge on any atom is 0.146 e. The number of aromatic nitrogens is 1. The lowest BCUT2D eigenvalue weighted by molar-refractivity contribution is 0.628. The number of nitrogens with one attached hydrogen (secondary N) is 1. The molecule has 0 saturated heterocycles. The van der Waals surface area contributed by atoms with Crippen molar-refractivity contribution < 1.29 is 8.78 Å². The number of anilines is 1. The van der Waals surface area contributed by atoms with Crippen molar-refractivity contribution in [1.82, 2.24) is 4.98 Å². The van der Waals surface area contributed by atoms with Crippen LogP contribution in [0.1, 0.15) is 5.01 Å². The van der Waals surface area contributed by atoms with Crippen LogP contribution in [0.15, 0.2) is 60.1 Å². The van der Waals surface area contributed by atoms with Gasteiger partial charge in [0.05, 0.1) is 11.4 Å². The van der Waals surface area contributed by atoms with Crippen molar-refractivity contribution in [2.45, 2.75) is 0 Å². The Kier molecular flexibility index (Phi) is 4.64. The molecule has 0 unspecified atom stereocenters. The third-order valence-electron chi connectivity index (χ3n) is 3.24. The highest BCUT2D eigenvalue weighted by Crippen LogP contribution is 2.26. The number of rotatable bonds is 4. The van der Waals surface area contributed by atoms with E-state index >= 15 is 0 Å². The van der Waals surface area contributed by atoms with Crippen LogP contribution in [-0.2, 0) is 0 Å². The van der Waals surface area contributed by atoms with Crippen LogP contribution in [0.2, 0.25) is 0 Å². The molecule has 118 valence electrons. The van der Waals surface area contributed by atoms with Gasteiger partial charge >= 0.3 is 0 Å². The van der Waals surface area contributed by atoms with Crippen LogP contribution in [0.3, 0.4) is 0 Å². The summed E-state index contributed by atoms with van der Waals surface area (Å²) in [5.74, 6) is -0.724. The number of benzene rings is 2. The van der Waals surface area contributed by atoms with Gasteiger partial charge in [-0.2, -0.15) is 5.26 Å². The third kappa shape index (κ3) is 3.47. The molecule has 3 nitrogen and oxygen atoms in total. The number of nitrogens with zero attached hydrogens (tertiary/aromatic N) is 2. The number of allylic oxidation sites excluding steroid dienone is 1. The smallest absolute Gasteiger partial charge is 0.146 e. The summed E-state index contributed by atoms with van der Waals surface area (Å²) in [6, 6.07) is 14.2. The molecule has 1 heterocycles. The lowest BCUT2D eigenvalue weighted by Gasteiger charge is -2.02. The molecule has 24 heavy (non-hydrogen) atoms. The topological polar surface area (TPSA) is 48.7 Å². The molecule has 6 heteroatoms. The van der Waals surface area contributed by atoms with E-state index in [1.54, 1.807) is 35.7 Å². The van der Waals surface area contributed by atoms with Crippen molar-refractivity contribution in [3.8, 4) is 17.3 Å². The number of thiazole rings is 1. The molecule has 2 aromatic carbocycles. The molecular formula is C18H11F2N3S. The average Bonchev–Trinajstić information content (AvgIpc) is 3.07. The first-order valence-corrected chi connectivity index (χ1v) is 7.88. The Balaban J connectivity index is 1.84. The van der Waals surface area contributed by atoms with Gasteiger partial charge in [-0.3, -0.25) is 0 Å². The molecule has 0 aliphatic heterocycles. The second-order valence-electron chi connectivity index (χ2n) is 4.84. The van der Waals surface area contributed by atoms with Gasteiger partial charge in [0, 0.05) is 17.1 Å². The maximum absolute atomic E-state index is 13.6. The SMILES string of the molecule is N#CC(=CNc1ccccc1F)c1nc(-c2ccc(F)cc2)cs1. The van der Waals surface area contributed by atoms with E-state index in [4.69, 9.17) is 0 Å². The molecule has 1 aromatic heterocycles. The number of para-hydroxylation sites is 1. The number of nitriles is 1. The highest BCUT2D eigenvalue weighted by atomic mass is 32.1. The molecule has 0 spiro atoms. The monoisotopic (exact) mass is 339 g/mol. The highest BCUT2D eigenvalue weighted by molar-refractivity contribution is 7.11. The van der Waals surface area contributed by atoms with Crippen molar-refractivity contribution >= 4 is 22.6 Å². The van der Waals surface area contributed by atoms with E-state index in [-0.39, 0.29) is 17.1 Å². The maximum atomic E-state index is 13.6. The molecular weight excluding hydrogens is 328 g/mol. The van der Waals surface area contributed by atoms with Crippen LogP contribution < -0.4 is 5.32 Å². The third-order valence-corrected chi connectivity index (χ3v) is 4.12. The van der Waals surface area contributed by atoms with Crippen molar-refractivity contribution in [3.05, 3.63) is 76.8 Å². The minimum absolute atomic E-state index is 0.278. The van der Waals surface area contributed by atoms with Gasteiger partial charge in [0.1, 0.15) is 28.3 Å². The summed E-state index contributed by atoms with van der Waals surface area (Å²) >= 11 is 1.29. The largest absolute Gasteiger partial charge is 0.358 e. The number of halogens is 2. The molecule has 0 aliphatic carbocycles. The van der Waals surface area contributed by atoms with Crippen LogP contribution in [0.25, 0.3) is 16.8 Å². The van der Waals surface area contributed by atoms with Gasteiger partial charge in [-0.1, -0.05) is 12.1 Å². The van der Waals surface area contributed by atoms with Crippen molar-refractivity contribution in [2.75, 3.05) is 5.32 Å². The van der Waals surface area contributed by atoms with Crippen LogP contribution in [0, 0.1) is 23.0 Å². The van der Waals surface area contributed by atoms with E-state index in [9.17, 15) is 14.0 Å². The summed E-state index contributed by atoms with van der Waals surface area (Å²) in [5, 5.41) is 14.4. The first-order valence-electron chi connectivity index (χ1n) is 7.00. The van der Waals surface area contributed by atoms with Gasteiger partial charge in [0.25, 0.3) is 0 Å². The van der Waals surface area contributed by atoms with Crippen LogP contribution in [0.5, 0.6) is 0 Å². The first-order chi connectivity index (χ1) is 11.7. The zero-order valence-corrected chi connectivity index (χ0v) is 13.1. The lowest BCUT2D eigenvalue weighted by Crippen LogP contribution is -1.93. The Morgan fingerprint density at radius 3 is 2.58 bits per heavy atom. The first kappa shape index (κ1) is 15.8. The lowest BCUT2D eigenvalue weighted by atomic mass is 10.2. The van der Waals surface area contributed by atoms with Crippen molar-refractivity contribution in [3.63, 3.8) is 0 Å². The average molecular weight is 339 g/mol. The zero-order chi connectivity index (χ0) is 16.9. The second-order valence-corrected chi connectivity index (χ2v) is 5.70. The fourth-order valence-corrected chi connectivity index (χ4v) is 2.82. The van der Waals surface area contributed by atoms with Gasteiger partial charge in [0.15, 0.2) is 0 Å². The molecule has 0 atom stereocenters. The Bertz CT molecular complexity index is 924. The minimum atomic E-state index is -0.405. The van der Waals surface area contributed by atoms with Gasteiger partial charge in [-0.25, -0.2) is 13.8 Å². The van der Waals surface area contributed by atoms with E-state index in [1.165, 1.54) is 35.7 Å². The van der Waals surface area contributed by atoms with E-state index in [2.05, 4.69) is 10.3 Å². The molecule has 0 fully saturated rings. The predicted octanol–water partition coefficient (Wildman–Crippen LogP) is 5.06. The van der Waals surface area contributed by atoms with E-state index < -0.39 is 5.82 Å². The fraction of sp³-hybridized carbons (Fsp3) is 0. The summed E-state index contributed by atoms with van der Waals surface area (Å²) in [4.78, 5) is 4.39. The van der Waals surface area contributed by atoms with E-state index in [0.717, 1.165) is 5.56 Å². The predicted molar refractivity (Wildman–Crippen MR) is 91.1 cm³/mol. The summed E-state index contributed by atoms with van der Waals surface area (Å²) in [6.07, 6.45) is 1.42. The highest BCUT2D eigenvalue weighted by Gasteiger charge is 2.09. The molecule has 1 N–H and O–H groups in total. The number of hydrogen-bond donors (Lipinski definition) is 1. The van der Waals surface area contributed by atoms with Gasteiger partial charge in [-0.05, 0) is 36.4 Å². The second kappa shape index (κ2) is 7.02. The minimum Gasteiger partial charge on any atom is -0.358 e. The van der Waals surface area contributed by atoms with E-state index in [0.29, 0.717) is 10.7 Å². The van der Waals surface area contributed by atoms with Gasteiger partial charge < -0.3 is 5.32 Å². The Labute approximate surface area is 141 Å². The summed E-state index contributed by atoms with van der Waals surface area (Å²) in [7, 11) is 0. The molecule has 0 amide bonds. The molecule has 0 aliphatic rings. The van der Waals surface area contributed by atoms with E-state index in [1.807, 2.05) is 6.07 Å². The van der Waals surface area contributed by atoms with Crippen LogP contribution in [0.4, 0.5) is 14.5 Å². The number of hydrogen-bond acceptors (Lipinski definition) is 4. The molecule has 0 saturated carbocycles.